The van der Waals surface area contributed by atoms with Crippen molar-refractivity contribution in [3.8, 4) is 28.5 Å². The van der Waals surface area contributed by atoms with Gasteiger partial charge in [0.2, 0.25) is 5.88 Å². The van der Waals surface area contributed by atoms with Crippen LogP contribution >= 0.6 is 11.6 Å². The molecule has 3 aromatic rings. The number of aromatic nitrogens is 3. The Bertz CT molecular complexity index is 789. The lowest BCUT2D eigenvalue weighted by atomic mass is 10.1. The minimum absolute atomic E-state index is 0.0126. The van der Waals surface area contributed by atoms with Crippen LogP contribution in [-0.2, 0) is 0 Å². The number of halogens is 1. The molecule has 0 amide bonds. The Morgan fingerprint density at radius 1 is 0.870 bits per heavy atom. The first-order valence-corrected chi connectivity index (χ1v) is 7.74. The maximum Gasteiger partial charge on any atom is 0.244 e. The average molecular weight is 326 g/mol. The van der Waals surface area contributed by atoms with Crippen LogP contribution in [0.15, 0.2) is 54.6 Å². The fourth-order valence-corrected chi connectivity index (χ4v) is 2.24. The van der Waals surface area contributed by atoms with Crippen LogP contribution in [0, 0.1) is 0 Å². The zero-order chi connectivity index (χ0) is 16.2. The summed E-state index contributed by atoms with van der Waals surface area (Å²) in [5.74, 6) is 1.01. The number of rotatable bonds is 4. The molecule has 3 rings (SSSR count). The van der Waals surface area contributed by atoms with E-state index in [-0.39, 0.29) is 6.10 Å². The number of ether oxygens (including phenoxy) is 1. The van der Waals surface area contributed by atoms with E-state index in [1.807, 2.05) is 68.4 Å². The number of nitrogens with zero attached hydrogens (tertiary/aromatic N) is 3. The van der Waals surface area contributed by atoms with Gasteiger partial charge in [0, 0.05) is 16.1 Å². The largest absolute Gasteiger partial charge is 0.473 e. The van der Waals surface area contributed by atoms with Gasteiger partial charge in [-0.3, -0.25) is 0 Å². The molecule has 0 radical (unpaired) electrons. The molecule has 2 aromatic carbocycles. The second kappa shape index (κ2) is 6.75. The topological polar surface area (TPSA) is 47.9 Å². The van der Waals surface area contributed by atoms with Crippen LogP contribution in [0.3, 0.4) is 0 Å². The standard InChI is InChI=1S/C18H16ClN3O/c1-12(2)23-18-16(13-8-10-15(19)11-9-13)21-22-17(20-18)14-6-4-3-5-7-14/h3-12H,1-2H3. The summed E-state index contributed by atoms with van der Waals surface area (Å²) in [7, 11) is 0. The van der Waals surface area contributed by atoms with Crippen molar-refractivity contribution in [3.63, 3.8) is 0 Å². The van der Waals surface area contributed by atoms with Crippen molar-refractivity contribution in [1.29, 1.82) is 0 Å². The molecule has 0 saturated heterocycles. The Hall–Kier alpha value is -2.46. The summed E-state index contributed by atoms with van der Waals surface area (Å²) in [5, 5.41) is 9.24. The number of benzene rings is 2. The first-order chi connectivity index (χ1) is 11.1. The maximum atomic E-state index is 5.95. The van der Waals surface area contributed by atoms with E-state index in [0.29, 0.717) is 22.4 Å². The summed E-state index contributed by atoms with van der Waals surface area (Å²) < 4.78 is 5.85. The van der Waals surface area contributed by atoms with Gasteiger partial charge >= 0.3 is 0 Å². The van der Waals surface area contributed by atoms with Crippen LogP contribution in [-0.4, -0.2) is 21.3 Å². The van der Waals surface area contributed by atoms with Gasteiger partial charge in [0.25, 0.3) is 0 Å². The van der Waals surface area contributed by atoms with Crippen molar-refractivity contribution < 1.29 is 4.74 Å². The predicted molar refractivity (Wildman–Crippen MR) is 91.5 cm³/mol. The molecule has 0 atom stereocenters. The lowest BCUT2D eigenvalue weighted by molar-refractivity contribution is 0.232. The molecule has 116 valence electrons. The van der Waals surface area contributed by atoms with Crippen molar-refractivity contribution >= 4 is 11.6 Å². The highest BCUT2D eigenvalue weighted by Gasteiger charge is 2.15. The van der Waals surface area contributed by atoms with Crippen LogP contribution < -0.4 is 4.74 Å². The fourth-order valence-electron chi connectivity index (χ4n) is 2.12. The lowest BCUT2D eigenvalue weighted by Gasteiger charge is -2.13. The van der Waals surface area contributed by atoms with E-state index < -0.39 is 0 Å². The molecule has 1 aromatic heterocycles. The molecule has 23 heavy (non-hydrogen) atoms. The van der Waals surface area contributed by atoms with Crippen LogP contribution in [0.25, 0.3) is 22.6 Å². The van der Waals surface area contributed by atoms with Gasteiger partial charge in [0.15, 0.2) is 11.5 Å². The van der Waals surface area contributed by atoms with Crippen LogP contribution in [0.4, 0.5) is 0 Å². The highest BCUT2D eigenvalue weighted by Crippen LogP contribution is 2.29. The van der Waals surface area contributed by atoms with Crippen LogP contribution in [0.1, 0.15) is 13.8 Å². The first-order valence-electron chi connectivity index (χ1n) is 7.36. The molecule has 0 spiro atoms. The van der Waals surface area contributed by atoms with E-state index in [1.54, 1.807) is 0 Å². The van der Waals surface area contributed by atoms with Crippen molar-refractivity contribution in [3.05, 3.63) is 59.6 Å². The zero-order valence-electron chi connectivity index (χ0n) is 12.9. The van der Waals surface area contributed by atoms with Crippen molar-refractivity contribution in [2.45, 2.75) is 20.0 Å². The van der Waals surface area contributed by atoms with E-state index in [1.165, 1.54) is 0 Å². The molecule has 0 saturated carbocycles. The van der Waals surface area contributed by atoms with E-state index in [0.717, 1.165) is 11.1 Å². The van der Waals surface area contributed by atoms with E-state index in [9.17, 15) is 0 Å². The van der Waals surface area contributed by atoms with E-state index in [2.05, 4.69) is 15.2 Å². The van der Waals surface area contributed by atoms with E-state index in [4.69, 9.17) is 16.3 Å². The molecule has 5 heteroatoms. The predicted octanol–water partition coefficient (Wildman–Crippen LogP) is 4.65. The summed E-state index contributed by atoms with van der Waals surface area (Å²) in [6.45, 7) is 3.91. The van der Waals surface area contributed by atoms with Gasteiger partial charge in [-0.15, -0.1) is 10.2 Å². The molecule has 0 bridgehead atoms. The molecule has 0 N–H and O–H groups in total. The van der Waals surface area contributed by atoms with Gasteiger partial charge in [-0.25, -0.2) is 0 Å². The summed E-state index contributed by atoms with van der Waals surface area (Å²) in [4.78, 5) is 4.55. The molecule has 0 aliphatic heterocycles. The van der Waals surface area contributed by atoms with Gasteiger partial charge in [-0.1, -0.05) is 54.1 Å². The van der Waals surface area contributed by atoms with Crippen molar-refractivity contribution in [2.75, 3.05) is 0 Å². The number of hydrogen-bond donors (Lipinski definition) is 0. The van der Waals surface area contributed by atoms with Gasteiger partial charge in [0.05, 0.1) is 6.10 Å². The zero-order valence-corrected chi connectivity index (χ0v) is 13.7. The van der Waals surface area contributed by atoms with Gasteiger partial charge < -0.3 is 4.74 Å². The molecule has 1 heterocycles. The van der Waals surface area contributed by atoms with Crippen LogP contribution in [0.5, 0.6) is 5.88 Å². The SMILES string of the molecule is CC(C)Oc1nc(-c2ccccc2)nnc1-c1ccc(Cl)cc1. The molecular weight excluding hydrogens is 310 g/mol. The summed E-state index contributed by atoms with van der Waals surface area (Å²) in [6.07, 6.45) is -0.0126. The molecular formula is C18H16ClN3O. The first kappa shape index (κ1) is 15.4. The third-order valence-corrected chi connectivity index (χ3v) is 3.40. The summed E-state index contributed by atoms with van der Waals surface area (Å²) >= 11 is 5.95. The monoisotopic (exact) mass is 325 g/mol. The molecule has 0 fully saturated rings. The van der Waals surface area contributed by atoms with Gasteiger partial charge in [-0.05, 0) is 26.0 Å². The number of hydrogen-bond acceptors (Lipinski definition) is 4. The lowest BCUT2D eigenvalue weighted by Crippen LogP contribution is -2.10. The Kier molecular flexibility index (Phi) is 4.53. The van der Waals surface area contributed by atoms with E-state index >= 15 is 0 Å². The maximum absolute atomic E-state index is 5.95. The minimum Gasteiger partial charge on any atom is -0.473 e. The molecule has 0 unspecified atom stereocenters. The smallest absolute Gasteiger partial charge is 0.244 e. The minimum atomic E-state index is -0.0126. The van der Waals surface area contributed by atoms with Crippen molar-refractivity contribution in [2.24, 2.45) is 0 Å². The van der Waals surface area contributed by atoms with Gasteiger partial charge in [0.1, 0.15) is 0 Å². The quantitative estimate of drug-likeness (QED) is 0.700. The Balaban J connectivity index is 2.07. The highest BCUT2D eigenvalue weighted by molar-refractivity contribution is 6.30. The fraction of sp³-hybridized carbons (Fsp3) is 0.167. The summed E-state index contributed by atoms with van der Waals surface area (Å²) in [5.41, 5.74) is 2.37. The Morgan fingerprint density at radius 2 is 1.57 bits per heavy atom. The second-order valence-electron chi connectivity index (χ2n) is 5.33. The Labute approximate surface area is 140 Å². The third-order valence-electron chi connectivity index (χ3n) is 3.15. The van der Waals surface area contributed by atoms with Crippen molar-refractivity contribution in [1.82, 2.24) is 15.2 Å². The molecule has 0 aliphatic carbocycles. The third kappa shape index (κ3) is 3.66. The average Bonchev–Trinajstić information content (AvgIpc) is 2.56. The highest BCUT2D eigenvalue weighted by atomic mass is 35.5. The Morgan fingerprint density at radius 3 is 2.22 bits per heavy atom. The molecule has 4 nitrogen and oxygen atoms in total. The second-order valence-corrected chi connectivity index (χ2v) is 5.77. The molecule has 0 aliphatic rings. The van der Waals surface area contributed by atoms with Gasteiger partial charge in [-0.2, -0.15) is 4.98 Å². The normalized spacial score (nSPS) is 10.8. The summed E-state index contributed by atoms with van der Waals surface area (Å²) in [6, 6.07) is 17.1. The van der Waals surface area contributed by atoms with Crippen LogP contribution in [0.2, 0.25) is 5.02 Å².